The zero-order valence-electron chi connectivity index (χ0n) is 10.4. The highest BCUT2D eigenvalue weighted by molar-refractivity contribution is 8.00. The number of hydroxylamine groups is 1. The van der Waals surface area contributed by atoms with E-state index in [9.17, 15) is 9.59 Å². The molecule has 0 saturated carbocycles. The van der Waals surface area contributed by atoms with Crippen molar-refractivity contribution in [1.82, 2.24) is 5.48 Å². The van der Waals surface area contributed by atoms with Crippen LogP contribution in [0.4, 0.5) is 0 Å². The summed E-state index contributed by atoms with van der Waals surface area (Å²) in [6.45, 7) is 1.96. The molecule has 0 unspecified atom stereocenters. The predicted molar refractivity (Wildman–Crippen MR) is 70.1 cm³/mol. The molecule has 0 aromatic heterocycles. The maximum Gasteiger partial charge on any atom is 0.332 e. The number of carbonyl (C=O) groups is 2. The van der Waals surface area contributed by atoms with E-state index in [0.717, 1.165) is 10.6 Å². The summed E-state index contributed by atoms with van der Waals surface area (Å²) in [5, 5.41) is 8.31. The van der Waals surface area contributed by atoms with E-state index >= 15 is 0 Å². The Morgan fingerprint density at radius 1 is 1.32 bits per heavy atom. The second kappa shape index (κ2) is 8.39. The fraction of sp³-hybridized carbons (Fsp3) is 0.333. The molecule has 0 fully saturated rings. The van der Waals surface area contributed by atoms with Crippen molar-refractivity contribution in [3.8, 4) is 5.75 Å². The monoisotopic (exact) mass is 285 g/mol. The number of carboxylic acids is 1. The molecule has 19 heavy (non-hydrogen) atoms. The van der Waals surface area contributed by atoms with Crippen molar-refractivity contribution in [3.05, 3.63) is 24.3 Å². The van der Waals surface area contributed by atoms with E-state index < -0.39 is 12.6 Å². The number of nitrogens with one attached hydrogen (secondary N) is 1. The number of benzene rings is 1. The molecule has 1 aromatic rings. The first-order valence-corrected chi connectivity index (χ1v) is 6.58. The summed E-state index contributed by atoms with van der Waals surface area (Å²) in [5.41, 5.74) is 2.05. The van der Waals surface area contributed by atoms with Crippen LogP contribution in [0.2, 0.25) is 0 Å². The molecule has 0 radical (unpaired) electrons. The topological polar surface area (TPSA) is 84.9 Å². The molecule has 1 rings (SSSR count). The first-order chi connectivity index (χ1) is 9.11. The molecule has 104 valence electrons. The van der Waals surface area contributed by atoms with E-state index in [1.807, 2.05) is 31.2 Å². The maximum atomic E-state index is 11.3. The zero-order chi connectivity index (χ0) is 14.1. The Kier molecular flexibility index (Phi) is 6.76. The van der Waals surface area contributed by atoms with Gasteiger partial charge in [0.25, 0.3) is 5.91 Å². The number of aliphatic carboxylic acids is 1. The molecule has 0 spiro atoms. The van der Waals surface area contributed by atoms with Crippen LogP contribution in [0.15, 0.2) is 29.2 Å². The molecule has 0 bridgehead atoms. The normalized spacial score (nSPS) is 9.95. The zero-order valence-corrected chi connectivity index (χ0v) is 11.2. The van der Waals surface area contributed by atoms with Crippen LogP contribution < -0.4 is 10.2 Å². The standard InChI is InChI=1S/C12H15NO5S/c1-2-17-9-3-5-10(6-4-9)19-8-11(14)13-18-7-12(15)16/h3-6H,2,7-8H2,1H3,(H,13,14)(H,15,16). The minimum absolute atomic E-state index is 0.146. The predicted octanol–water partition coefficient (Wildman–Crippen LogP) is 1.31. The van der Waals surface area contributed by atoms with Crippen molar-refractivity contribution in [2.75, 3.05) is 19.0 Å². The minimum atomic E-state index is -1.14. The maximum absolute atomic E-state index is 11.3. The third-order valence-corrected chi connectivity index (χ3v) is 2.90. The molecule has 1 aromatic carbocycles. The Morgan fingerprint density at radius 3 is 2.58 bits per heavy atom. The van der Waals surface area contributed by atoms with Crippen molar-refractivity contribution in [2.45, 2.75) is 11.8 Å². The molecular formula is C12H15NO5S. The smallest absolute Gasteiger partial charge is 0.332 e. The minimum Gasteiger partial charge on any atom is -0.494 e. The Balaban J connectivity index is 2.27. The van der Waals surface area contributed by atoms with E-state index in [0.29, 0.717) is 6.61 Å². The van der Waals surface area contributed by atoms with Gasteiger partial charge in [-0.3, -0.25) is 9.63 Å². The molecular weight excluding hydrogens is 270 g/mol. The van der Waals surface area contributed by atoms with Gasteiger partial charge in [-0.2, -0.15) is 0 Å². The van der Waals surface area contributed by atoms with Gasteiger partial charge in [0.05, 0.1) is 12.4 Å². The Labute approximate surface area is 115 Å². The van der Waals surface area contributed by atoms with Crippen molar-refractivity contribution < 1.29 is 24.3 Å². The fourth-order valence-corrected chi connectivity index (χ4v) is 1.84. The van der Waals surface area contributed by atoms with Crippen molar-refractivity contribution >= 4 is 23.6 Å². The van der Waals surface area contributed by atoms with Gasteiger partial charge in [0.15, 0.2) is 6.61 Å². The third-order valence-electron chi connectivity index (χ3n) is 1.89. The largest absolute Gasteiger partial charge is 0.494 e. The first-order valence-electron chi connectivity index (χ1n) is 5.60. The van der Waals surface area contributed by atoms with E-state index in [1.165, 1.54) is 11.8 Å². The van der Waals surface area contributed by atoms with E-state index in [-0.39, 0.29) is 11.7 Å². The highest BCUT2D eigenvalue weighted by atomic mass is 32.2. The molecule has 2 N–H and O–H groups in total. The summed E-state index contributed by atoms with van der Waals surface area (Å²) < 4.78 is 5.30. The Bertz CT molecular complexity index is 421. The summed E-state index contributed by atoms with van der Waals surface area (Å²) in [4.78, 5) is 26.8. The highest BCUT2D eigenvalue weighted by Crippen LogP contribution is 2.21. The van der Waals surface area contributed by atoms with Gasteiger partial charge in [-0.15, -0.1) is 11.8 Å². The molecule has 0 saturated heterocycles. The van der Waals surface area contributed by atoms with Gasteiger partial charge in [-0.05, 0) is 31.2 Å². The van der Waals surface area contributed by atoms with Gasteiger partial charge in [-0.1, -0.05) is 0 Å². The number of amides is 1. The lowest BCUT2D eigenvalue weighted by atomic mass is 10.3. The van der Waals surface area contributed by atoms with Crippen LogP contribution in [-0.4, -0.2) is 35.9 Å². The van der Waals surface area contributed by atoms with Gasteiger partial charge in [0.1, 0.15) is 5.75 Å². The average Bonchev–Trinajstić information content (AvgIpc) is 2.38. The van der Waals surface area contributed by atoms with Crippen LogP contribution in [0.25, 0.3) is 0 Å². The van der Waals surface area contributed by atoms with Crippen LogP contribution in [0.3, 0.4) is 0 Å². The highest BCUT2D eigenvalue weighted by Gasteiger charge is 2.04. The molecule has 1 amide bonds. The molecule has 0 aliphatic carbocycles. The number of hydrogen-bond acceptors (Lipinski definition) is 5. The summed E-state index contributed by atoms with van der Waals surface area (Å²) in [6, 6.07) is 7.34. The molecule has 6 nitrogen and oxygen atoms in total. The van der Waals surface area contributed by atoms with Crippen LogP contribution in [0.5, 0.6) is 5.75 Å². The van der Waals surface area contributed by atoms with Gasteiger partial charge < -0.3 is 9.84 Å². The number of carbonyl (C=O) groups excluding carboxylic acids is 1. The van der Waals surface area contributed by atoms with Crippen LogP contribution in [0, 0.1) is 0 Å². The Hall–Kier alpha value is -1.73. The molecule has 7 heteroatoms. The van der Waals surface area contributed by atoms with Crippen LogP contribution >= 0.6 is 11.8 Å². The van der Waals surface area contributed by atoms with Crippen molar-refractivity contribution in [1.29, 1.82) is 0 Å². The summed E-state index contributed by atoms with van der Waals surface area (Å²) in [7, 11) is 0. The fourth-order valence-electron chi connectivity index (χ4n) is 1.16. The van der Waals surface area contributed by atoms with Gasteiger partial charge in [0, 0.05) is 4.90 Å². The first kappa shape index (κ1) is 15.3. The Morgan fingerprint density at radius 2 is 2.00 bits per heavy atom. The van der Waals surface area contributed by atoms with Crippen molar-refractivity contribution in [2.24, 2.45) is 0 Å². The quantitative estimate of drug-likeness (QED) is 0.553. The van der Waals surface area contributed by atoms with Gasteiger partial charge in [0.2, 0.25) is 0 Å². The molecule has 0 atom stereocenters. The third kappa shape index (κ3) is 6.68. The molecule has 0 aliphatic rings. The van der Waals surface area contributed by atoms with E-state index in [2.05, 4.69) is 10.3 Å². The van der Waals surface area contributed by atoms with E-state index in [1.54, 1.807) is 0 Å². The lowest BCUT2D eigenvalue weighted by molar-refractivity contribution is -0.148. The van der Waals surface area contributed by atoms with E-state index in [4.69, 9.17) is 9.84 Å². The molecule has 0 heterocycles. The number of ether oxygens (including phenoxy) is 1. The van der Waals surface area contributed by atoms with Crippen LogP contribution in [0.1, 0.15) is 6.92 Å². The summed E-state index contributed by atoms with van der Waals surface area (Å²) >= 11 is 1.32. The number of thioether (sulfide) groups is 1. The summed E-state index contributed by atoms with van der Waals surface area (Å²) in [6.07, 6.45) is 0. The second-order valence-electron chi connectivity index (χ2n) is 3.40. The molecule has 0 aliphatic heterocycles. The second-order valence-corrected chi connectivity index (χ2v) is 4.45. The summed E-state index contributed by atoms with van der Waals surface area (Å²) in [5.74, 6) is -0.603. The van der Waals surface area contributed by atoms with Crippen LogP contribution in [-0.2, 0) is 14.4 Å². The van der Waals surface area contributed by atoms with Gasteiger partial charge >= 0.3 is 5.97 Å². The SMILES string of the molecule is CCOc1ccc(SCC(=O)NOCC(=O)O)cc1. The number of hydrogen-bond donors (Lipinski definition) is 2. The number of carboxylic acid groups (broad SMARTS) is 1. The lowest BCUT2D eigenvalue weighted by Crippen LogP contribution is -2.27. The van der Waals surface area contributed by atoms with Crippen molar-refractivity contribution in [3.63, 3.8) is 0 Å². The average molecular weight is 285 g/mol. The number of rotatable bonds is 8. The lowest BCUT2D eigenvalue weighted by Gasteiger charge is -2.05. The van der Waals surface area contributed by atoms with Gasteiger partial charge in [-0.25, -0.2) is 10.3 Å².